The topological polar surface area (TPSA) is 54.4 Å². The number of hydrogen-bond donors (Lipinski definition) is 0. The zero-order valence-electron chi connectivity index (χ0n) is 18.9. The normalized spacial score (nSPS) is 19.7. The number of hydrazone groups is 1. The molecule has 0 radical (unpaired) electrons. The molecule has 0 aromatic heterocycles. The highest BCUT2D eigenvalue weighted by Crippen LogP contribution is 2.39. The number of nitrogens with zero attached hydrogens (tertiary/aromatic N) is 3. The predicted molar refractivity (Wildman–Crippen MR) is 122 cm³/mol. The van der Waals surface area contributed by atoms with Crippen LogP contribution in [0.1, 0.15) is 43.4 Å². The third-order valence-corrected chi connectivity index (χ3v) is 6.39. The second kappa shape index (κ2) is 9.69. The van der Waals surface area contributed by atoms with Gasteiger partial charge in [-0.05, 0) is 50.0 Å². The number of rotatable bonds is 6. The van der Waals surface area contributed by atoms with E-state index in [0.717, 1.165) is 31.5 Å². The average Bonchev–Trinajstić information content (AvgIpc) is 3.25. The monoisotopic (exact) mass is 439 g/mol. The molecule has 1 saturated heterocycles. The van der Waals surface area contributed by atoms with Gasteiger partial charge in [0.15, 0.2) is 0 Å². The van der Waals surface area contributed by atoms with E-state index >= 15 is 0 Å². The molecule has 2 aliphatic heterocycles. The Morgan fingerprint density at radius 2 is 1.88 bits per heavy atom. The third-order valence-electron chi connectivity index (χ3n) is 6.39. The lowest BCUT2D eigenvalue weighted by atomic mass is 9.97. The van der Waals surface area contributed by atoms with Gasteiger partial charge in [0, 0.05) is 23.6 Å². The maximum Gasteiger partial charge on any atom is 0.257 e. The fourth-order valence-electron chi connectivity index (χ4n) is 4.42. The van der Waals surface area contributed by atoms with Gasteiger partial charge in [0.25, 0.3) is 5.91 Å². The van der Waals surface area contributed by atoms with Gasteiger partial charge in [0.05, 0.1) is 32.5 Å². The highest BCUT2D eigenvalue weighted by Gasteiger charge is 2.36. The van der Waals surface area contributed by atoms with Crippen molar-refractivity contribution in [1.29, 1.82) is 0 Å². The quantitative estimate of drug-likeness (QED) is 0.675. The van der Waals surface area contributed by atoms with Crippen LogP contribution in [-0.2, 0) is 4.79 Å². The summed E-state index contributed by atoms with van der Waals surface area (Å²) in [5, 5.41) is 6.14. The van der Waals surface area contributed by atoms with Gasteiger partial charge >= 0.3 is 0 Å². The first kappa shape index (κ1) is 22.3. The van der Waals surface area contributed by atoms with E-state index < -0.39 is 0 Å². The molecule has 0 bridgehead atoms. The lowest BCUT2D eigenvalue weighted by Crippen LogP contribution is -2.41. The summed E-state index contributed by atoms with van der Waals surface area (Å²) in [6, 6.07) is 11.7. The molecule has 1 amide bonds. The molecular formula is C25H30FN3O3. The van der Waals surface area contributed by atoms with Crippen LogP contribution in [0.5, 0.6) is 11.5 Å². The lowest BCUT2D eigenvalue weighted by Gasteiger charge is -2.31. The first-order valence-corrected chi connectivity index (χ1v) is 11.1. The Hall–Kier alpha value is -2.93. The van der Waals surface area contributed by atoms with Crippen LogP contribution >= 0.6 is 0 Å². The van der Waals surface area contributed by atoms with Crippen molar-refractivity contribution in [3.05, 3.63) is 59.4 Å². The molecule has 6 nitrogen and oxygen atoms in total. The molecule has 0 N–H and O–H groups in total. The highest BCUT2D eigenvalue weighted by atomic mass is 19.1. The molecule has 4 rings (SSSR count). The molecule has 0 aliphatic carbocycles. The number of ether oxygens (including phenoxy) is 2. The minimum absolute atomic E-state index is 0.0891. The Morgan fingerprint density at radius 1 is 1.12 bits per heavy atom. The van der Waals surface area contributed by atoms with Crippen LogP contribution in [0.15, 0.2) is 47.6 Å². The van der Waals surface area contributed by atoms with Gasteiger partial charge in [-0.15, -0.1) is 0 Å². The predicted octanol–water partition coefficient (Wildman–Crippen LogP) is 4.25. The van der Waals surface area contributed by atoms with Crippen molar-refractivity contribution in [2.24, 2.45) is 11.0 Å². The third kappa shape index (κ3) is 4.63. The summed E-state index contributed by atoms with van der Waals surface area (Å²) < 4.78 is 25.4. The van der Waals surface area contributed by atoms with Crippen LogP contribution < -0.4 is 9.47 Å². The van der Waals surface area contributed by atoms with E-state index in [0.29, 0.717) is 41.7 Å². The van der Waals surface area contributed by atoms with E-state index in [1.54, 1.807) is 38.5 Å². The average molecular weight is 440 g/mol. The van der Waals surface area contributed by atoms with E-state index in [1.807, 2.05) is 12.1 Å². The van der Waals surface area contributed by atoms with Crippen molar-refractivity contribution in [3.8, 4) is 11.5 Å². The van der Waals surface area contributed by atoms with Crippen molar-refractivity contribution in [2.75, 3.05) is 33.9 Å². The number of methoxy groups -OCH3 is 2. The number of carbonyl (C=O) groups is 1. The van der Waals surface area contributed by atoms with Crippen LogP contribution in [0.4, 0.5) is 4.39 Å². The van der Waals surface area contributed by atoms with Crippen LogP contribution in [0.25, 0.3) is 0 Å². The standard InChI is InChI=1S/C25H30FN3O3/c1-17-10-12-28(13-11-17)16-25(30)29-23(20-9-8-18(31-2)14-24(20)32-3)15-22(27-29)19-6-4-5-7-21(19)26/h4-9,14,17,23H,10-13,15-16H2,1-3H3. The van der Waals surface area contributed by atoms with Gasteiger partial charge < -0.3 is 9.47 Å². The first-order valence-electron chi connectivity index (χ1n) is 11.1. The molecule has 32 heavy (non-hydrogen) atoms. The maximum atomic E-state index is 14.5. The number of carbonyl (C=O) groups excluding carboxylic acids is 1. The zero-order chi connectivity index (χ0) is 22.7. The van der Waals surface area contributed by atoms with Gasteiger partial charge in [0.1, 0.15) is 17.3 Å². The minimum Gasteiger partial charge on any atom is -0.497 e. The SMILES string of the molecule is COc1ccc(C2CC(c3ccccc3F)=NN2C(=O)CN2CCC(C)CC2)c(OC)c1. The summed E-state index contributed by atoms with van der Waals surface area (Å²) in [7, 11) is 3.19. The van der Waals surface area contributed by atoms with E-state index in [4.69, 9.17) is 9.47 Å². The number of hydrogen-bond acceptors (Lipinski definition) is 5. The van der Waals surface area contributed by atoms with E-state index in [9.17, 15) is 9.18 Å². The molecule has 1 unspecified atom stereocenters. The van der Waals surface area contributed by atoms with Gasteiger partial charge in [-0.2, -0.15) is 5.10 Å². The fourth-order valence-corrected chi connectivity index (χ4v) is 4.42. The molecule has 170 valence electrons. The molecule has 2 aromatic carbocycles. The van der Waals surface area contributed by atoms with Crippen molar-refractivity contribution in [1.82, 2.24) is 9.91 Å². The summed E-state index contributed by atoms with van der Waals surface area (Å²) in [5.74, 6) is 1.54. The van der Waals surface area contributed by atoms with Crippen molar-refractivity contribution in [3.63, 3.8) is 0 Å². The Bertz CT molecular complexity index is 1000. The maximum absolute atomic E-state index is 14.5. The van der Waals surface area contributed by atoms with E-state index in [-0.39, 0.29) is 17.8 Å². The molecule has 2 aromatic rings. The summed E-state index contributed by atoms with van der Waals surface area (Å²) in [5.41, 5.74) is 1.81. The second-order valence-electron chi connectivity index (χ2n) is 8.55. The number of halogens is 1. The molecule has 7 heteroatoms. The number of amides is 1. The number of benzene rings is 2. The van der Waals surface area contributed by atoms with Crippen LogP contribution in [0.2, 0.25) is 0 Å². The first-order chi connectivity index (χ1) is 15.5. The molecule has 1 atom stereocenters. The Labute approximate surface area is 188 Å². The Balaban J connectivity index is 1.65. The Kier molecular flexibility index (Phi) is 6.74. The van der Waals surface area contributed by atoms with Crippen LogP contribution in [0, 0.1) is 11.7 Å². The zero-order valence-corrected chi connectivity index (χ0v) is 18.9. The fraction of sp³-hybridized carbons (Fsp3) is 0.440. The molecular weight excluding hydrogens is 409 g/mol. The molecule has 0 saturated carbocycles. The lowest BCUT2D eigenvalue weighted by molar-refractivity contribution is -0.134. The highest BCUT2D eigenvalue weighted by molar-refractivity contribution is 6.03. The van der Waals surface area contributed by atoms with Gasteiger partial charge in [-0.3, -0.25) is 9.69 Å². The van der Waals surface area contributed by atoms with Gasteiger partial charge in [-0.1, -0.05) is 25.1 Å². The number of piperidine rings is 1. The molecule has 0 spiro atoms. The van der Waals surface area contributed by atoms with Crippen LogP contribution in [0.3, 0.4) is 0 Å². The summed E-state index contributed by atoms with van der Waals surface area (Å²) >= 11 is 0. The van der Waals surface area contributed by atoms with E-state index in [1.165, 1.54) is 11.1 Å². The largest absolute Gasteiger partial charge is 0.497 e. The number of likely N-dealkylation sites (tertiary alicyclic amines) is 1. The molecule has 1 fully saturated rings. The van der Waals surface area contributed by atoms with Gasteiger partial charge in [0.2, 0.25) is 0 Å². The second-order valence-corrected chi connectivity index (χ2v) is 8.55. The minimum atomic E-state index is -0.373. The van der Waals surface area contributed by atoms with Crippen LogP contribution in [-0.4, -0.2) is 55.4 Å². The molecule has 2 aliphatic rings. The molecule has 2 heterocycles. The van der Waals surface area contributed by atoms with Crippen molar-refractivity contribution < 1.29 is 18.7 Å². The van der Waals surface area contributed by atoms with E-state index in [2.05, 4.69) is 16.9 Å². The van der Waals surface area contributed by atoms with Gasteiger partial charge in [-0.25, -0.2) is 9.40 Å². The summed E-state index contributed by atoms with van der Waals surface area (Å²) in [6.45, 7) is 4.36. The smallest absolute Gasteiger partial charge is 0.257 e. The Morgan fingerprint density at radius 3 is 2.56 bits per heavy atom. The van der Waals surface area contributed by atoms with Crippen molar-refractivity contribution in [2.45, 2.75) is 32.2 Å². The summed E-state index contributed by atoms with van der Waals surface area (Å²) in [6.07, 6.45) is 2.59. The summed E-state index contributed by atoms with van der Waals surface area (Å²) in [4.78, 5) is 15.6. The van der Waals surface area contributed by atoms with Crippen molar-refractivity contribution >= 4 is 11.6 Å².